The maximum atomic E-state index is 4.41. The van der Waals surface area contributed by atoms with Gasteiger partial charge in [0, 0.05) is 28.5 Å². The van der Waals surface area contributed by atoms with E-state index in [2.05, 4.69) is 56.0 Å². The molecule has 3 rings (SSSR count). The summed E-state index contributed by atoms with van der Waals surface area (Å²) in [6.07, 6.45) is 1.81. The summed E-state index contributed by atoms with van der Waals surface area (Å²) in [4.78, 5) is 4.41. The minimum absolute atomic E-state index is 0.753. The largest absolute Gasteiger partial charge is 0.321 e. The number of halogens is 1. The molecule has 0 bridgehead atoms. The van der Waals surface area contributed by atoms with E-state index in [1.54, 1.807) is 0 Å². The van der Waals surface area contributed by atoms with Crippen LogP contribution in [-0.4, -0.2) is 4.98 Å². The van der Waals surface area contributed by atoms with Crippen molar-refractivity contribution in [3.8, 4) is 11.3 Å². The standard InChI is InChI=1S/C18H16BrN3/c19-16-10-11-18(20-13-16)15-8-6-14(7-9-15)12-21-22-17-4-2-1-3-5-17/h1-11,13,21-22H,12H2. The van der Waals surface area contributed by atoms with E-state index in [-0.39, 0.29) is 0 Å². The van der Waals surface area contributed by atoms with Gasteiger partial charge in [0.25, 0.3) is 0 Å². The van der Waals surface area contributed by atoms with Crippen LogP contribution in [0, 0.1) is 0 Å². The van der Waals surface area contributed by atoms with Crippen LogP contribution >= 0.6 is 15.9 Å². The molecule has 0 radical (unpaired) electrons. The Bertz CT molecular complexity index is 710. The molecular weight excluding hydrogens is 338 g/mol. The van der Waals surface area contributed by atoms with Gasteiger partial charge >= 0.3 is 0 Å². The van der Waals surface area contributed by atoms with Crippen LogP contribution in [0.2, 0.25) is 0 Å². The number of nitrogens with zero attached hydrogens (tertiary/aromatic N) is 1. The number of anilines is 1. The van der Waals surface area contributed by atoms with Crippen molar-refractivity contribution in [2.24, 2.45) is 0 Å². The highest BCUT2D eigenvalue weighted by molar-refractivity contribution is 9.10. The van der Waals surface area contributed by atoms with Crippen LogP contribution in [0.1, 0.15) is 5.56 Å². The van der Waals surface area contributed by atoms with Crippen LogP contribution in [0.15, 0.2) is 77.4 Å². The van der Waals surface area contributed by atoms with Crippen molar-refractivity contribution in [2.75, 3.05) is 5.43 Å². The first-order chi connectivity index (χ1) is 10.8. The van der Waals surface area contributed by atoms with Gasteiger partial charge in [-0.05, 0) is 45.8 Å². The van der Waals surface area contributed by atoms with Gasteiger partial charge in [-0.1, -0.05) is 42.5 Å². The first-order valence-corrected chi connectivity index (χ1v) is 7.85. The zero-order valence-electron chi connectivity index (χ0n) is 12.0. The lowest BCUT2D eigenvalue weighted by Crippen LogP contribution is -2.20. The van der Waals surface area contributed by atoms with Crippen molar-refractivity contribution in [2.45, 2.75) is 6.54 Å². The zero-order chi connectivity index (χ0) is 15.2. The van der Waals surface area contributed by atoms with Crippen LogP contribution in [0.3, 0.4) is 0 Å². The number of benzene rings is 2. The lowest BCUT2D eigenvalue weighted by molar-refractivity contribution is 0.801. The average Bonchev–Trinajstić information content (AvgIpc) is 2.57. The van der Waals surface area contributed by atoms with Gasteiger partial charge in [-0.2, -0.15) is 0 Å². The molecule has 0 aliphatic rings. The molecule has 110 valence electrons. The number of para-hydroxylation sites is 1. The van der Waals surface area contributed by atoms with Crippen molar-refractivity contribution < 1.29 is 0 Å². The van der Waals surface area contributed by atoms with E-state index in [4.69, 9.17) is 0 Å². The Morgan fingerprint density at radius 1 is 0.864 bits per heavy atom. The van der Waals surface area contributed by atoms with E-state index >= 15 is 0 Å². The second kappa shape index (κ2) is 7.20. The quantitative estimate of drug-likeness (QED) is 0.656. The molecule has 0 saturated carbocycles. The second-order valence-electron chi connectivity index (χ2n) is 4.90. The van der Waals surface area contributed by atoms with Crippen LogP contribution in [0.4, 0.5) is 5.69 Å². The normalized spacial score (nSPS) is 10.4. The van der Waals surface area contributed by atoms with E-state index in [0.29, 0.717) is 0 Å². The summed E-state index contributed by atoms with van der Waals surface area (Å²) in [6, 6.07) is 22.5. The van der Waals surface area contributed by atoms with Gasteiger partial charge in [0.1, 0.15) is 0 Å². The summed E-state index contributed by atoms with van der Waals surface area (Å²) < 4.78 is 0.990. The van der Waals surface area contributed by atoms with Crippen molar-refractivity contribution in [3.63, 3.8) is 0 Å². The second-order valence-corrected chi connectivity index (χ2v) is 5.82. The molecule has 3 aromatic rings. The minimum atomic E-state index is 0.753. The highest BCUT2D eigenvalue weighted by Crippen LogP contribution is 2.19. The maximum Gasteiger partial charge on any atom is 0.0702 e. The zero-order valence-corrected chi connectivity index (χ0v) is 13.5. The summed E-state index contributed by atoms with van der Waals surface area (Å²) >= 11 is 3.40. The molecule has 2 aromatic carbocycles. The number of hydrazine groups is 1. The lowest BCUT2D eigenvalue weighted by Gasteiger charge is -2.09. The molecule has 0 unspecified atom stereocenters. The van der Waals surface area contributed by atoms with E-state index in [9.17, 15) is 0 Å². The van der Waals surface area contributed by atoms with Gasteiger partial charge in [0.15, 0.2) is 0 Å². The van der Waals surface area contributed by atoms with Gasteiger partial charge in [0.05, 0.1) is 5.69 Å². The predicted molar refractivity (Wildman–Crippen MR) is 94.3 cm³/mol. The molecule has 22 heavy (non-hydrogen) atoms. The maximum absolute atomic E-state index is 4.41. The van der Waals surface area contributed by atoms with Gasteiger partial charge in [-0.3, -0.25) is 4.98 Å². The number of rotatable bonds is 5. The van der Waals surface area contributed by atoms with Gasteiger partial charge in [-0.25, -0.2) is 5.43 Å². The Morgan fingerprint density at radius 2 is 1.64 bits per heavy atom. The number of hydrogen-bond donors (Lipinski definition) is 2. The first kappa shape index (κ1) is 14.8. The molecule has 0 saturated heterocycles. The van der Waals surface area contributed by atoms with Gasteiger partial charge in [0.2, 0.25) is 0 Å². The molecule has 0 aliphatic carbocycles. The Kier molecular flexibility index (Phi) is 4.83. The molecule has 1 aromatic heterocycles. The summed E-state index contributed by atoms with van der Waals surface area (Å²) in [6.45, 7) is 0.753. The molecule has 4 heteroatoms. The Labute approximate surface area is 138 Å². The number of hydrogen-bond acceptors (Lipinski definition) is 3. The SMILES string of the molecule is Brc1ccc(-c2ccc(CNNc3ccccc3)cc2)nc1. The molecule has 0 spiro atoms. The average molecular weight is 354 g/mol. The van der Waals surface area contributed by atoms with Gasteiger partial charge in [-0.15, -0.1) is 0 Å². The van der Waals surface area contributed by atoms with Crippen LogP contribution < -0.4 is 10.9 Å². The van der Waals surface area contributed by atoms with E-state index in [1.165, 1.54) is 5.56 Å². The summed E-state index contributed by atoms with van der Waals surface area (Å²) in [5, 5.41) is 0. The van der Waals surface area contributed by atoms with Gasteiger partial charge < -0.3 is 5.43 Å². The van der Waals surface area contributed by atoms with Crippen LogP contribution in [0.5, 0.6) is 0 Å². The molecular formula is C18H16BrN3. The highest BCUT2D eigenvalue weighted by atomic mass is 79.9. The van der Waals surface area contributed by atoms with Crippen LogP contribution in [0.25, 0.3) is 11.3 Å². The molecule has 0 fully saturated rings. The molecule has 3 nitrogen and oxygen atoms in total. The number of nitrogens with one attached hydrogen (secondary N) is 2. The van der Waals surface area contributed by atoms with E-state index < -0.39 is 0 Å². The minimum Gasteiger partial charge on any atom is -0.321 e. The number of aromatic nitrogens is 1. The van der Waals surface area contributed by atoms with Crippen molar-refractivity contribution in [1.29, 1.82) is 0 Å². The Morgan fingerprint density at radius 3 is 2.32 bits per heavy atom. The number of pyridine rings is 1. The summed E-state index contributed by atoms with van der Waals surface area (Å²) in [5.74, 6) is 0. The first-order valence-electron chi connectivity index (χ1n) is 7.06. The van der Waals surface area contributed by atoms with E-state index in [1.807, 2.05) is 48.7 Å². The third kappa shape index (κ3) is 3.93. The third-order valence-electron chi connectivity index (χ3n) is 3.28. The topological polar surface area (TPSA) is 37.0 Å². The molecule has 0 amide bonds. The molecule has 2 N–H and O–H groups in total. The third-order valence-corrected chi connectivity index (χ3v) is 3.75. The lowest BCUT2D eigenvalue weighted by atomic mass is 10.1. The van der Waals surface area contributed by atoms with Crippen molar-refractivity contribution in [3.05, 3.63) is 83.0 Å². The van der Waals surface area contributed by atoms with Crippen molar-refractivity contribution in [1.82, 2.24) is 10.4 Å². The fourth-order valence-electron chi connectivity index (χ4n) is 2.11. The monoisotopic (exact) mass is 353 g/mol. The molecule has 0 atom stereocenters. The fraction of sp³-hybridized carbons (Fsp3) is 0.0556. The van der Waals surface area contributed by atoms with Crippen LogP contribution in [-0.2, 0) is 6.54 Å². The van der Waals surface area contributed by atoms with Crippen molar-refractivity contribution >= 4 is 21.6 Å². The molecule has 1 heterocycles. The Hall–Kier alpha value is -2.17. The Balaban J connectivity index is 1.58. The highest BCUT2D eigenvalue weighted by Gasteiger charge is 1.99. The molecule has 0 aliphatic heterocycles. The smallest absolute Gasteiger partial charge is 0.0702 e. The van der Waals surface area contributed by atoms with E-state index in [0.717, 1.165) is 28.0 Å². The fourth-order valence-corrected chi connectivity index (χ4v) is 2.34. The summed E-state index contributed by atoms with van der Waals surface area (Å²) in [7, 11) is 0. The summed E-state index contributed by atoms with van der Waals surface area (Å²) in [5.41, 5.74) is 10.8. The predicted octanol–water partition coefficient (Wildman–Crippen LogP) is 4.63.